The molecule has 2 N–H and O–H groups in total. The molecule has 2 unspecified atom stereocenters. The average Bonchev–Trinajstić information content (AvgIpc) is 2.30. The number of nitrogens with two attached hydrogens (primary N) is 1. The van der Waals surface area contributed by atoms with Crippen molar-refractivity contribution in [1.82, 2.24) is 0 Å². The summed E-state index contributed by atoms with van der Waals surface area (Å²) in [6.07, 6.45) is 13.3. The molecular weight excluding hydrogens is 170 g/mol. The fraction of sp³-hybridized carbons (Fsp3) is 1.00. The first-order valence-corrected chi connectivity index (χ1v) is 6.60. The minimum Gasteiger partial charge on any atom is -0.330 e. The Balaban J connectivity index is 1.83. The summed E-state index contributed by atoms with van der Waals surface area (Å²) in [5.74, 6) is 2.96. The lowest BCUT2D eigenvalue weighted by Crippen LogP contribution is -2.28. The minimum atomic E-state index is 0.857. The Morgan fingerprint density at radius 1 is 0.786 bits per heavy atom. The van der Waals surface area contributed by atoms with Gasteiger partial charge in [-0.15, -0.1) is 0 Å². The SMILES string of the molecule is NCC1CCCC(C2CCCCC2)C1. The second-order valence-corrected chi connectivity index (χ2v) is 5.43. The maximum absolute atomic E-state index is 5.80. The van der Waals surface area contributed by atoms with Crippen LogP contribution in [-0.4, -0.2) is 6.54 Å². The quantitative estimate of drug-likeness (QED) is 0.718. The summed E-state index contributed by atoms with van der Waals surface area (Å²) in [5.41, 5.74) is 5.80. The molecule has 2 fully saturated rings. The molecule has 0 spiro atoms. The third kappa shape index (κ3) is 2.50. The lowest BCUT2D eigenvalue weighted by Gasteiger charge is -2.36. The Kier molecular flexibility index (Phi) is 3.86. The van der Waals surface area contributed by atoms with Crippen LogP contribution in [0.1, 0.15) is 57.8 Å². The van der Waals surface area contributed by atoms with E-state index in [1.165, 1.54) is 57.8 Å². The van der Waals surface area contributed by atoms with Crippen molar-refractivity contribution in [3.63, 3.8) is 0 Å². The van der Waals surface area contributed by atoms with E-state index in [0.717, 1.165) is 24.3 Å². The van der Waals surface area contributed by atoms with Crippen molar-refractivity contribution in [2.24, 2.45) is 23.5 Å². The first-order valence-electron chi connectivity index (χ1n) is 6.60. The van der Waals surface area contributed by atoms with Crippen molar-refractivity contribution in [3.05, 3.63) is 0 Å². The van der Waals surface area contributed by atoms with E-state index in [9.17, 15) is 0 Å². The van der Waals surface area contributed by atoms with E-state index < -0.39 is 0 Å². The average molecular weight is 195 g/mol. The van der Waals surface area contributed by atoms with Gasteiger partial charge in [0, 0.05) is 0 Å². The summed E-state index contributed by atoms with van der Waals surface area (Å²) >= 11 is 0. The largest absolute Gasteiger partial charge is 0.330 e. The Labute approximate surface area is 88.4 Å². The molecule has 0 aromatic carbocycles. The molecule has 0 aromatic heterocycles. The molecule has 0 aromatic rings. The normalized spacial score (nSPS) is 35.8. The highest BCUT2D eigenvalue weighted by Gasteiger charge is 2.28. The first kappa shape index (κ1) is 10.5. The molecule has 0 heterocycles. The summed E-state index contributed by atoms with van der Waals surface area (Å²) in [6, 6.07) is 0. The third-order valence-corrected chi connectivity index (χ3v) is 4.47. The van der Waals surface area contributed by atoms with Crippen LogP contribution in [-0.2, 0) is 0 Å². The van der Waals surface area contributed by atoms with Crippen LogP contribution in [0.2, 0.25) is 0 Å². The van der Waals surface area contributed by atoms with Crippen LogP contribution in [0.4, 0.5) is 0 Å². The van der Waals surface area contributed by atoms with Crippen molar-refractivity contribution in [1.29, 1.82) is 0 Å². The second-order valence-electron chi connectivity index (χ2n) is 5.43. The molecule has 1 nitrogen and oxygen atoms in total. The van der Waals surface area contributed by atoms with Gasteiger partial charge in [0.1, 0.15) is 0 Å². The van der Waals surface area contributed by atoms with Gasteiger partial charge in [-0.1, -0.05) is 44.9 Å². The van der Waals surface area contributed by atoms with Gasteiger partial charge in [0.05, 0.1) is 0 Å². The van der Waals surface area contributed by atoms with Crippen LogP contribution in [0.15, 0.2) is 0 Å². The topological polar surface area (TPSA) is 26.0 Å². The molecule has 0 bridgehead atoms. The molecule has 2 saturated carbocycles. The molecule has 2 rings (SSSR count). The molecule has 0 aliphatic heterocycles. The lowest BCUT2D eigenvalue weighted by molar-refractivity contribution is 0.162. The van der Waals surface area contributed by atoms with Crippen LogP contribution >= 0.6 is 0 Å². The molecule has 2 aliphatic rings. The van der Waals surface area contributed by atoms with Crippen molar-refractivity contribution in [2.45, 2.75) is 57.8 Å². The van der Waals surface area contributed by atoms with Crippen LogP contribution in [0, 0.1) is 17.8 Å². The summed E-state index contributed by atoms with van der Waals surface area (Å²) in [4.78, 5) is 0. The van der Waals surface area contributed by atoms with Crippen LogP contribution in [0.25, 0.3) is 0 Å². The van der Waals surface area contributed by atoms with Gasteiger partial charge in [-0.25, -0.2) is 0 Å². The van der Waals surface area contributed by atoms with Crippen molar-refractivity contribution in [2.75, 3.05) is 6.54 Å². The summed E-state index contributed by atoms with van der Waals surface area (Å²) in [7, 11) is 0. The van der Waals surface area contributed by atoms with Crippen LogP contribution < -0.4 is 5.73 Å². The molecule has 82 valence electrons. The zero-order chi connectivity index (χ0) is 9.80. The fourth-order valence-electron chi connectivity index (χ4n) is 3.58. The number of rotatable bonds is 2. The fourth-order valence-corrected chi connectivity index (χ4v) is 3.58. The van der Waals surface area contributed by atoms with Gasteiger partial charge >= 0.3 is 0 Å². The molecule has 0 amide bonds. The van der Waals surface area contributed by atoms with E-state index in [0.29, 0.717) is 0 Å². The molecule has 0 saturated heterocycles. The van der Waals surface area contributed by atoms with Gasteiger partial charge in [0.25, 0.3) is 0 Å². The highest BCUT2D eigenvalue weighted by atomic mass is 14.6. The second kappa shape index (κ2) is 5.16. The van der Waals surface area contributed by atoms with E-state index in [4.69, 9.17) is 5.73 Å². The van der Waals surface area contributed by atoms with Gasteiger partial charge in [-0.3, -0.25) is 0 Å². The van der Waals surface area contributed by atoms with E-state index >= 15 is 0 Å². The summed E-state index contributed by atoms with van der Waals surface area (Å²) in [6.45, 7) is 0.934. The molecule has 2 aliphatic carbocycles. The third-order valence-electron chi connectivity index (χ3n) is 4.47. The maximum atomic E-state index is 5.80. The van der Waals surface area contributed by atoms with E-state index in [2.05, 4.69) is 0 Å². The minimum absolute atomic E-state index is 0.857. The van der Waals surface area contributed by atoms with Crippen molar-refractivity contribution >= 4 is 0 Å². The Morgan fingerprint density at radius 2 is 1.50 bits per heavy atom. The number of hydrogen-bond acceptors (Lipinski definition) is 1. The van der Waals surface area contributed by atoms with Crippen molar-refractivity contribution < 1.29 is 0 Å². The highest BCUT2D eigenvalue weighted by Crippen LogP contribution is 2.39. The Morgan fingerprint density at radius 3 is 2.21 bits per heavy atom. The zero-order valence-electron chi connectivity index (χ0n) is 9.38. The smallest absolute Gasteiger partial charge is 0.00488 e. The Bertz CT molecular complexity index is 161. The van der Waals surface area contributed by atoms with Gasteiger partial charge in [-0.05, 0) is 37.1 Å². The zero-order valence-corrected chi connectivity index (χ0v) is 9.38. The lowest BCUT2D eigenvalue weighted by atomic mass is 9.70. The molecule has 14 heavy (non-hydrogen) atoms. The van der Waals surface area contributed by atoms with Gasteiger partial charge in [-0.2, -0.15) is 0 Å². The Hall–Kier alpha value is -0.0400. The predicted octanol–water partition coefficient (Wildman–Crippen LogP) is 3.33. The molecule has 0 radical (unpaired) electrons. The predicted molar refractivity (Wildman–Crippen MR) is 61.1 cm³/mol. The molecular formula is C13H25N. The van der Waals surface area contributed by atoms with Gasteiger partial charge in [0.2, 0.25) is 0 Å². The van der Waals surface area contributed by atoms with E-state index in [1.807, 2.05) is 0 Å². The highest BCUT2D eigenvalue weighted by molar-refractivity contribution is 4.80. The monoisotopic (exact) mass is 195 g/mol. The molecule has 2 atom stereocenters. The summed E-state index contributed by atoms with van der Waals surface area (Å²) in [5, 5.41) is 0. The summed E-state index contributed by atoms with van der Waals surface area (Å²) < 4.78 is 0. The maximum Gasteiger partial charge on any atom is -0.00488 e. The first-order chi connectivity index (χ1) is 6.90. The van der Waals surface area contributed by atoms with Crippen molar-refractivity contribution in [3.8, 4) is 0 Å². The van der Waals surface area contributed by atoms with Gasteiger partial charge < -0.3 is 5.73 Å². The van der Waals surface area contributed by atoms with E-state index in [-0.39, 0.29) is 0 Å². The number of hydrogen-bond donors (Lipinski definition) is 1. The molecule has 1 heteroatoms. The van der Waals surface area contributed by atoms with Crippen LogP contribution in [0.3, 0.4) is 0 Å². The van der Waals surface area contributed by atoms with Gasteiger partial charge in [0.15, 0.2) is 0 Å². The standard InChI is InChI=1S/C13H25N/c14-10-11-5-4-8-13(9-11)12-6-2-1-3-7-12/h11-13H,1-10,14H2. The van der Waals surface area contributed by atoms with Crippen LogP contribution in [0.5, 0.6) is 0 Å². The van der Waals surface area contributed by atoms with E-state index in [1.54, 1.807) is 0 Å².